The quantitative estimate of drug-likeness (QED) is 0.887. The van der Waals surface area contributed by atoms with Crippen LogP contribution in [0.2, 0.25) is 0 Å². The van der Waals surface area contributed by atoms with Gasteiger partial charge in [0.1, 0.15) is 0 Å². The van der Waals surface area contributed by atoms with Crippen LogP contribution in [0.4, 0.5) is 0 Å². The summed E-state index contributed by atoms with van der Waals surface area (Å²) >= 11 is 0. The molecule has 0 unspecified atom stereocenters. The molecule has 5 heteroatoms. The summed E-state index contributed by atoms with van der Waals surface area (Å²) < 4.78 is 26.5. The van der Waals surface area contributed by atoms with Crippen LogP contribution < -0.4 is 5.32 Å². The minimum atomic E-state index is -3.30. The Bertz CT molecular complexity index is 505. The van der Waals surface area contributed by atoms with E-state index in [2.05, 4.69) is 19.2 Å². The summed E-state index contributed by atoms with van der Waals surface area (Å²) in [5.74, 6) is 0.473. The Morgan fingerprint density at radius 3 is 2.32 bits per heavy atom. The maximum absolute atomic E-state index is 12.4. The van der Waals surface area contributed by atoms with Crippen molar-refractivity contribution >= 4 is 10.0 Å². The topological polar surface area (TPSA) is 54.0 Å². The zero-order valence-corrected chi connectivity index (χ0v) is 12.5. The molecule has 19 heavy (non-hydrogen) atoms. The van der Waals surface area contributed by atoms with Crippen LogP contribution in [0.15, 0.2) is 29.2 Å². The van der Waals surface area contributed by atoms with E-state index < -0.39 is 10.0 Å². The molecule has 0 spiro atoms. The maximum Gasteiger partial charge on any atom is 0.243 e. The van der Waals surface area contributed by atoms with Crippen molar-refractivity contribution in [1.82, 2.24) is 4.31 Å². The zero-order valence-electron chi connectivity index (χ0n) is 11.7. The lowest BCUT2D eigenvalue weighted by molar-refractivity contribution is -0.661. The molecule has 0 aliphatic carbocycles. The number of quaternary nitrogens is 1. The van der Waals surface area contributed by atoms with Crippen molar-refractivity contribution in [2.75, 3.05) is 26.2 Å². The highest BCUT2D eigenvalue weighted by Crippen LogP contribution is 2.22. The molecule has 2 rings (SSSR count). The van der Waals surface area contributed by atoms with Crippen LogP contribution in [0, 0.1) is 0 Å². The standard InChI is InChI=1S/C14H22N2O2S/c1-3-12(2)13-4-6-14(7-5-13)19(17,18)16-10-8-15-9-11-16/h4-7,12,15H,3,8-11H2,1-2H3/p+1/t12-/m0/s1. The molecule has 1 aliphatic heterocycles. The third kappa shape index (κ3) is 3.16. The van der Waals surface area contributed by atoms with Gasteiger partial charge in [-0.3, -0.25) is 0 Å². The highest BCUT2D eigenvalue weighted by atomic mass is 32.2. The number of hydrogen-bond donors (Lipinski definition) is 1. The van der Waals surface area contributed by atoms with Crippen LogP contribution in [0.3, 0.4) is 0 Å². The molecule has 0 amide bonds. The molecular formula is C14H23N2O2S+. The van der Waals surface area contributed by atoms with E-state index in [-0.39, 0.29) is 0 Å². The van der Waals surface area contributed by atoms with Crippen LogP contribution in [0.5, 0.6) is 0 Å². The molecule has 4 nitrogen and oxygen atoms in total. The Hall–Kier alpha value is -0.910. The molecule has 1 aromatic rings. The van der Waals surface area contributed by atoms with Gasteiger partial charge in [0.2, 0.25) is 10.0 Å². The number of nitrogens with zero attached hydrogens (tertiary/aromatic N) is 1. The molecule has 1 fully saturated rings. The lowest BCUT2D eigenvalue weighted by atomic mass is 9.99. The fourth-order valence-corrected chi connectivity index (χ4v) is 3.79. The average Bonchev–Trinajstić information content (AvgIpc) is 2.47. The molecule has 0 saturated carbocycles. The van der Waals surface area contributed by atoms with Crippen molar-refractivity contribution in [3.63, 3.8) is 0 Å². The van der Waals surface area contributed by atoms with Crippen LogP contribution in [-0.4, -0.2) is 38.9 Å². The van der Waals surface area contributed by atoms with Gasteiger partial charge in [-0.2, -0.15) is 4.31 Å². The number of nitrogens with two attached hydrogens (primary N) is 1. The third-order valence-corrected chi connectivity index (χ3v) is 5.78. The molecule has 1 heterocycles. The largest absolute Gasteiger partial charge is 0.344 e. The first kappa shape index (κ1) is 14.5. The first-order valence-electron chi connectivity index (χ1n) is 6.97. The molecule has 106 valence electrons. The Morgan fingerprint density at radius 2 is 1.79 bits per heavy atom. The Balaban J connectivity index is 2.21. The molecule has 0 aromatic heterocycles. The van der Waals surface area contributed by atoms with E-state index in [1.807, 2.05) is 12.1 Å². The van der Waals surface area contributed by atoms with Crippen molar-refractivity contribution in [3.8, 4) is 0 Å². The van der Waals surface area contributed by atoms with E-state index in [1.54, 1.807) is 16.4 Å². The highest BCUT2D eigenvalue weighted by Gasteiger charge is 2.27. The number of rotatable bonds is 4. The Kier molecular flexibility index (Phi) is 4.60. The van der Waals surface area contributed by atoms with E-state index in [4.69, 9.17) is 0 Å². The number of benzene rings is 1. The van der Waals surface area contributed by atoms with Crippen molar-refractivity contribution in [1.29, 1.82) is 0 Å². The average molecular weight is 283 g/mol. The summed E-state index contributed by atoms with van der Waals surface area (Å²) in [5, 5.41) is 2.15. The van der Waals surface area contributed by atoms with Crippen LogP contribution in [0.1, 0.15) is 31.7 Å². The monoisotopic (exact) mass is 283 g/mol. The summed E-state index contributed by atoms with van der Waals surface area (Å²) in [4.78, 5) is 0.418. The fraction of sp³-hybridized carbons (Fsp3) is 0.571. The molecule has 0 radical (unpaired) electrons. The van der Waals surface area contributed by atoms with Gasteiger partial charge in [-0.05, 0) is 30.0 Å². The van der Waals surface area contributed by atoms with Gasteiger partial charge in [-0.1, -0.05) is 26.0 Å². The summed E-state index contributed by atoms with van der Waals surface area (Å²) in [6, 6.07) is 7.37. The molecular weight excluding hydrogens is 260 g/mol. The number of hydrogen-bond acceptors (Lipinski definition) is 2. The van der Waals surface area contributed by atoms with Crippen molar-refractivity contribution in [3.05, 3.63) is 29.8 Å². The van der Waals surface area contributed by atoms with Gasteiger partial charge in [0, 0.05) is 0 Å². The second kappa shape index (κ2) is 6.03. The van der Waals surface area contributed by atoms with Gasteiger partial charge in [-0.25, -0.2) is 8.42 Å². The molecule has 1 saturated heterocycles. The maximum atomic E-state index is 12.4. The molecule has 1 aromatic carbocycles. The van der Waals surface area contributed by atoms with Gasteiger partial charge >= 0.3 is 0 Å². The predicted molar refractivity (Wildman–Crippen MR) is 75.6 cm³/mol. The molecule has 0 bridgehead atoms. The van der Waals surface area contributed by atoms with Crippen LogP contribution >= 0.6 is 0 Å². The Morgan fingerprint density at radius 1 is 1.21 bits per heavy atom. The van der Waals surface area contributed by atoms with E-state index >= 15 is 0 Å². The Labute approximate surface area is 115 Å². The lowest BCUT2D eigenvalue weighted by Gasteiger charge is -2.24. The molecule has 1 atom stereocenters. The third-order valence-electron chi connectivity index (χ3n) is 3.86. The fourth-order valence-electron chi connectivity index (χ4n) is 2.32. The van der Waals surface area contributed by atoms with E-state index in [0.29, 0.717) is 23.9 Å². The lowest BCUT2D eigenvalue weighted by Crippen LogP contribution is -2.89. The molecule has 2 N–H and O–H groups in total. The summed E-state index contributed by atoms with van der Waals surface area (Å²) in [7, 11) is -3.30. The first-order valence-corrected chi connectivity index (χ1v) is 8.41. The normalized spacial score (nSPS) is 19.3. The van der Waals surface area contributed by atoms with E-state index in [9.17, 15) is 8.42 Å². The van der Waals surface area contributed by atoms with Gasteiger partial charge in [0.05, 0.1) is 31.1 Å². The van der Waals surface area contributed by atoms with Crippen molar-refractivity contribution < 1.29 is 13.7 Å². The number of sulfonamides is 1. The van der Waals surface area contributed by atoms with Gasteiger partial charge in [0.25, 0.3) is 0 Å². The van der Waals surface area contributed by atoms with Crippen LogP contribution in [0.25, 0.3) is 0 Å². The van der Waals surface area contributed by atoms with Gasteiger partial charge in [-0.15, -0.1) is 0 Å². The summed E-state index contributed by atoms with van der Waals surface area (Å²) in [6.07, 6.45) is 1.06. The smallest absolute Gasteiger partial charge is 0.243 e. The second-order valence-corrected chi connectivity index (χ2v) is 7.09. The van der Waals surface area contributed by atoms with Crippen molar-refractivity contribution in [2.24, 2.45) is 0 Å². The minimum Gasteiger partial charge on any atom is -0.344 e. The highest BCUT2D eigenvalue weighted by molar-refractivity contribution is 7.89. The first-order chi connectivity index (χ1) is 9.05. The second-order valence-electron chi connectivity index (χ2n) is 5.15. The zero-order chi connectivity index (χ0) is 13.9. The molecule has 1 aliphatic rings. The summed E-state index contributed by atoms with van der Waals surface area (Å²) in [5.41, 5.74) is 1.20. The van der Waals surface area contributed by atoms with Gasteiger partial charge in [0.15, 0.2) is 0 Å². The van der Waals surface area contributed by atoms with Gasteiger partial charge < -0.3 is 5.32 Å². The van der Waals surface area contributed by atoms with Crippen LogP contribution in [-0.2, 0) is 10.0 Å². The SMILES string of the molecule is CC[C@H](C)c1ccc(S(=O)(=O)N2CC[NH2+]CC2)cc1. The predicted octanol–water partition coefficient (Wildman–Crippen LogP) is 0.768. The van der Waals surface area contributed by atoms with E-state index in [0.717, 1.165) is 19.5 Å². The summed E-state index contributed by atoms with van der Waals surface area (Å²) in [6.45, 7) is 7.21. The van der Waals surface area contributed by atoms with Crippen molar-refractivity contribution in [2.45, 2.75) is 31.1 Å². The number of piperazine rings is 1. The minimum absolute atomic E-state index is 0.418. The van der Waals surface area contributed by atoms with E-state index in [1.165, 1.54) is 5.56 Å².